The van der Waals surface area contributed by atoms with E-state index in [0.29, 0.717) is 47.3 Å². The first-order chi connectivity index (χ1) is 21.1. The zero-order valence-electron chi connectivity index (χ0n) is 23.9. The third kappa shape index (κ3) is 6.60. The van der Waals surface area contributed by atoms with E-state index < -0.39 is 23.3 Å². The third-order valence-corrected chi connectivity index (χ3v) is 7.76. The minimum atomic E-state index is -4.63. The van der Waals surface area contributed by atoms with Crippen LogP contribution in [-0.2, 0) is 28.7 Å². The number of carbonyl (C=O) groups is 2. The molecule has 5 rings (SSSR count). The van der Waals surface area contributed by atoms with Crippen molar-refractivity contribution in [2.75, 3.05) is 6.61 Å². The van der Waals surface area contributed by atoms with Crippen LogP contribution < -0.4 is 5.43 Å². The highest BCUT2D eigenvalue weighted by Crippen LogP contribution is 2.38. The maximum absolute atomic E-state index is 13.6. The first-order valence-electron chi connectivity index (χ1n) is 13.9. The predicted octanol–water partition coefficient (Wildman–Crippen LogP) is 6.74. The number of aromatic nitrogens is 4. The SMILES string of the molecule is CCCC(=O)Cc1cc(-c2nc(C(F)(F)F)cs2)c(-c2ccc3c(c2)c(=O)c(C(=O)OCC)cn3Cc2ccncc2)cn1. The van der Waals surface area contributed by atoms with Crippen LogP contribution in [0, 0.1) is 0 Å². The molecule has 0 bridgehead atoms. The lowest BCUT2D eigenvalue weighted by Gasteiger charge is -2.15. The van der Waals surface area contributed by atoms with Crippen molar-refractivity contribution in [2.45, 2.75) is 45.8 Å². The normalized spacial score (nSPS) is 11.6. The monoisotopic (exact) mass is 620 g/mol. The van der Waals surface area contributed by atoms with Crippen LogP contribution in [0.1, 0.15) is 54.0 Å². The number of nitrogens with zero attached hydrogens (tertiary/aromatic N) is 4. The zero-order chi connectivity index (χ0) is 31.4. The Labute approximate surface area is 254 Å². The van der Waals surface area contributed by atoms with Crippen molar-refractivity contribution in [3.63, 3.8) is 0 Å². The Morgan fingerprint density at radius 2 is 1.82 bits per heavy atom. The molecule has 12 heteroatoms. The molecule has 0 aliphatic rings. The molecule has 0 aliphatic carbocycles. The number of benzene rings is 1. The number of thiazole rings is 1. The molecule has 1 aromatic carbocycles. The van der Waals surface area contributed by atoms with Crippen LogP contribution in [0.4, 0.5) is 13.2 Å². The Morgan fingerprint density at radius 1 is 1.05 bits per heavy atom. The summed E-state index contributed by atoms with van der Waals surface area (Å²) in [5, 5.41) is 1.24. The smallest absolute Gasteiger partial charge is 0.434 e. The number of fused-ring (bicyclic) bond motifs is 1. The van der Waals surface area contributed by atoms with Gasteiger partial charge in [0.15, 0.2) is 5.69 Å². The number of ketones is 1. The molecule has 0 saturated carbocycles. The molecule has 0 N–H and O–H groups in total. The predicted molar refractivity (Wildman–Crippen MR) is 160 cm³/mol. The summed E-state index contributed by atoms with van der Waals surface area (Å²) in [6.07, 6.45) is 2.63. The summed E-state index contributed by atoms with van der Waals surface area (Å²) in [4.78, 5) is 51.1. The summed E-state index contributed by atoms with van der Waals surface area (Å²) < 4.78 is 47.3. The first kappa shape index (κ1) is 30.7. The lowest BCUT2D eigenvalue weighted by Crippen LogP contribution is -2.21. The molecule has 0 aliphatic heterocycles. The Balaban J connectivity index is 1.69. The number of alkyl halides is 3. The van der Waals surface area contributed by atoms with E-state index >= 15 is 0 Å². The number of rotatable bonds is 10. The maximum Gasteiger partial charge on any atom is 0.434 e. The minimum absolute atomic E-state index is 0.0267. The van der Waals surface area contributed by atoms with Crippen LogP contribution in [0.3, 0.4) is 0 Å². The fourth-order valence-electron chi connectivity index (χ4n) is 4.83. The van der Waals surface area contributed by atoms with Crippen LogP contribution in [0.15, 0.2) is 71.4 Å². The van der Waals surface area contributed by atoms with Crippen molar-refractivity contribution in [3.8, 4) is 21.7 Å². The van der Waals surface area contributed by atoms with Gasteiger partial charge in [-0.3, -0.25) is 19.6 Å². The number of ether oxygens (including phenoxy) is 1. The second kappa shape index (κ2) is 12.9. The van der Waals surface area contributed by atoms with Crippen LogP contribution in [0.25, 0.3) is 32.6 Å². The molecule has 5 aromatic rings. The molecule has 4 heterocycles. The van der Waals surface area contributed by atoms with E-state index in [4.69, 9.17) is 4.74 Å². The number of carbonyl (C=O) groups excluding carboxylic acids is 2. The van der Waals surface area contributed by atoms with E-state index in [1.807, 2.05) is 19.1 Å². The average molecular weight is 621 g/mol. The zero-order valence-corrected chi connectivity index (χ0v) is 24.7. The Kier molecular flexibility index (Phi) is 9.00. The third-order valence-electron chi connectivity index (χ3n) is 6.88. The summed E-state index contributed by atoms with van der Waals surface area (Å²) in [6, 6.07) is 10.2. The van der Waals surface area contributed by atoms with Crippen molar-refractivity contribution >= 4 is 34.0 Å². The summed E-state index contributed by atoms with van der Waals surface area (Å²) in [5.41, 5.74) is 1.34. The van der Waals surface area contributed by atoms with Crippen LogP contribution in [0.5, 0.6) is 0 Å². The van der Waals surface area contributed by atoms with Gasteiger partial charge in [0.05, 0.1) is 12.1 Å². The largest absolute Gasteiger partial charge is 0.462 e. The molecule has 226 valence electrons. The topological polar surface area (TPSA) is 104 Å². The molecule has 0 amide bonds. The lowest BCUT2D eigenvalue weighted by molar-refractivity contribution is -0.140. The number of esters is 1. The summed E-state index contributed by atoms with van der Waals surface area (Å²) in [7, 11) is 0. The van der Waals surface area contributed by atoms with E-state index in [-0.39, 0.29) is 34.8 Å². The lowest BCUT2D eigenvalue weighted by atomic mass is 9.98. The molecule has 4 aromatic heterocycles. The highest BCUT2D eigenvalue weighted by atomic mass is 32.1. The molecular weight excluding hydrogens is 593 g/mol. The number of Topliss-reactive ketones (excluding diaryl/α,β-unsaturated/α-hetero) is 1. The fraction of sp³-hybridized carbons (Fsp3) is 0.250. The van der Waals surface area contributed by atoms with Gasteiger partial charge in [-0.2, -0.15) is 13.2 Å². The van der Waals surface area contributed by atoms with E-state index in [1.165, 1.54) is 12.4 Å². The Hall–Kier alpha value is -4.71. The fourth-order valence-corrected chi connectivity index (χ4v) is 5.69. The van der Waals surface area contributed by atoms with Gasteiger partial charge in [-0.25, -0.2) is 9.78 Å². The van der Waals surface area contributed by atoms with Crippen LogP contribution >= 0.6 is 11.3 Å². The van der Waals surface area contributed by atoms with Gasteiger partial charge in [0.25, 0.3) is 0 Å². The maximum atomic E-state index is 13.6. The number of halogens is 3. The van der Waals surface area contributed by atoms with Crippen molar-refractivity contribution in [1.29, 1.82) is 0 Å². The van der Waals surface area contributed by atoms with Crippen molar-refractivity contribution in [1.82, 2.24) is 19.5 Å². The molecule has 0 saturated heterocycles. The van der Waals surface area contributed by atoms with E-state index in [2.05, 4.69) is 15.0 Å². The Morgan fingerprint density at radius 3 is 2.50 bits per heavy atom. The molecule has 0 atom stereocenters. The van der Waals surface area contributed by atoms with Crippen molar-refractivity contribution in [2.24, 2.45) is 0 Å². The molecule has 0 unspecified atom stereocenters. The van der Waals surface area contributed by atoms with E-state index in [1.54, 1.807) is 48.1 Å². The summed E-state index contributed by atoms with van der Waals surface area (Å²) in [5.74, 6) is -0.806. The number of hydrogen-bond donors (Lipinski definition) is 0. The summed E-state index contributed by atoms with van der Waals surface area (Å²) >= 11 is 0.823. The minimum Gasteiger partial charge on any atom is -0.462 e. The van der Waals surface area contributed by atoms with Gasteiger partial charge in [0, 0.05) is 71.8 Å². The number of hydrogen-bond acceptors (Lipinski definition) is 8. The van der Waals surface area contributed by atoms with Gasteiger partial charge in [-0.05, 0) is 54.8 Å². The molecule has 0 spiro atoms. The molecule has 44 heavy (non-hydrogen) atoms. The summed E-state index contributed by atoms with van der Waals surface area (Å²) in [6.45, 7) is 3.93. The molecule has 8 nitrogen and oxygen atoms in total. The van der Waals surface area contributed by atoms with Crippen molar-refractivity contribution < 1.29 is 27.5 Å². The second-order valence-corrected chi connectivity index (χ2v) is 10.9. The van der Waals surface area contributed by atoms with Crippen molar-refractivity contribution in [3.05, 3.63) is 99.3 Å². The van der Waals surface area contributed by atoms with Gasteiger partial charge in [0.1, 0.15) is 16.4 Å². The highest BCUT2D eigenvalue weighted by molar-refractivity contribution is 7.13. The molecule has 0 fully saturated rings. The number of pyridine rings is 3. The molecule has 0 radical (unpaired) electrons. The van der Waals surface area contributed by atoms with Gasteiger partial charge in [0.2, 0.25) is 5.43 Å². The van der Waals surface area contributed by atoms with Crippen LogP contribution in [0.2, 0.25) is 0 Å². The average Bonchev–Trinajstić information content (AvgIpc) is 3.50. The van der Waals surface area contributed by atoms with Gasteiger partial charge < -0.3 is 9.30 Å². The van der Waals surface area contributed by atoms with Gasteiger partial charge in [-0.15, -0.1) is 11.3 Å². The van der Waals surface area contributed by atoms with E-state index in [0.717, 1.165) is 22.3 Å². The highest BCUT2D eigenvalue weighted by Gasteiger charge is 2.34. The second-order valence-electron chi connectivity index (χ2n) is 10.0. The van der Waals surface area contributed by atoms with Gasteiger partial charge in [-0.1, -0.05) is 13.0 Å². The van der Waals surface area contributed by atoms with E-state index in [9.17, 15) is 27.6 Å². The quantitative estimate of drug-likeness (QED) is 0.159. The molecular formula is C32H27F3N4O4S. The standard InChI is InChI=1S/C32H27F3N4O4S/c1-3-5-22(40)13-21-14-23(30-38-28(18-44-30)32(33,34)35)25(15-37-21)20-6-7-27-24(12-20)29(41)26(31(42)43-4-2)17-39(27)16-19-8-10-36-11-9-19/h6-12,14-15,17-18H,3-5,13,16H2,1-2H3. The van der Waals surface area contributed by atoms with Gasteiger partial charge >= 0.3 is 12.1 Å². The first-order valence-corrected chi connectivity index (χ1v) is 14.7. The Bertz CT molecular complexity index is 1900. The van der Waals surface area contributed by atoms with Crippen LogP contribution in [-0.4, -0.2) is 37.9 Å².